The van der Waals surface area contributed by atoms with E-state index in [-0.39, 0.29) is 36.1 Å². The van der Waals surface area contributed by atoms with Gasteiger partial charge >= 0.3 is 0 Å². The van der Waals surface area contributed by atoms with Crippen LogP contribution in [0.2, 0.25) is 0 Å². The van der Waals surface area contributed by atoms with E-state index in [2.05, 4.69) is 54.8 Å². The molecule has 2 saturated heterocycles. The van der Waals surface area contributed by atoms with Crippen molar-refractivity contribution < 1.29 is 9.59 Å². The zero-order valence-corrected chi connectivity index (χ0v) is 18.5. The number of likely N-dealkylation sites (tertiary alicyclic amines) is 1. The lowest BCUT2D eigenvalue weighted by atomic mass is 9.89. The SMILES string of the molecule is CCC(C)C(NC(=O)C1CCNC1)C(=O)N1CCC(Cc2ccccc2)CC1.Cl. The summed E-state index contributed by atoms with van der Waals surface area (Å²) in [6.07, 6.45) is 4.90. The van der Waals surface area contributed by atoms with Crippen LogP contribution in [-0.4, -0.2) is 48.9 Å². The molecule has 2 N–H and O–H groups in total. The van der Waals surface area contributed by atoms with E-state index < -0.39 is 6.04 Å². The molecule has 0 spiro atoms. The molecular weight excluding hydrogens is 386 g/mol. The van der Waals surface area contributed by atoms with Gasteiger partial charge < -0.3 is 15.5 Å². The van der Waals surface area contributed by atoms with Crippen molar-refractivity contribution in [3.05, 3.63) is 35.9 Å². The predicted octanol–water partition coefficient (Wildman–Crippen LogP) is 3.03. The first kappa shape index (κ1) is 23.7. The quantitative estimate of drug-likeness (QED) is 0.711. The number of carbonyl (C=O) groups is 2. The van der Waals surface area contributed by atoms with Gasteiger partial charge in [-0.1, -0.05) is 50.6 Å². The van der Waals surface area contributed by atoms with Crippen LogP contribution < -0.4 is 10.6 Å². The number of nitrogens with zero attached hydrogens (tertiary/aromatic N) is 1. The van der Waals surface area contributed by atoms with Crippen molar-refractivity contribution in [2.45, 2.75) is 52.0 Å². The molecule has 0 aliphatic carbocycles. The van der Waals surface area contributed by atoms with Crippen molar-refractivity contribution in [1.29, 1.82) is 0 Å². The first-order valence-electron chi connectivity index (χ1n) is 10.9. The Hall–Kier alpha value is -1.59. The normalized spacial score (nSPS) is 21.9. The summed E-state index contributed by atoms with van der Waals surface area (Å²) in [5.74, 6) is 0.908. The number of halogens is 1. The maximum absolute atomic E-state index is 13.2. The second-order valence-electron chi connectivity index (χ2n) is 8.52. The molecule has 1 aromatic carbocycles. The molecule has 2 amide bonds. The van der Waals surface area contributed by atoms with Crippen LogP contribution in [0.1, 0.15) is 45.1 Å². The molecule has 0 bridgehead atoms. The first-order valence-corrected chi connectivity index (χ1v) is 10.9. The minimum absolute atomic E-state index is 0. The largest absolute Gasteiger partial charge is 0.344 e. The van der Waals surface area contributed by atoms with Gasteiger partial charge in [-0.3, -0.25) is 9.59 Å². The zero-order chi connectivity index (χ0) is 19.9. The van der Waals surface area contributed by atoms with E-state index in [1.807, 2.05) is 4.90 Å². The Morgan fingerprint density at radius 1 is 1.17 bits per heavy atom. The lowest BCUT2D eigenvalue weighted by Gasteiger charge is -2.36. The topological polar surface area (TPSA) is 61.4 Å². The van der Waals surface area contributed by atoms with E-state index >= 15 is 0 Å². The molecule has 29 heavy (non-hydrogen) atoms. The number of carbonyl (C=O) groups excluding carboxylic acids is 2. The molecule has 1 aromatic rings. The van der Waals surface area contributed by atoms with Crippen LogP contribution in [0.15, 0.2) is 30.3 Å². The second kappa shape index (κ2) is 11.6. The van der Waals surface area contributed by atoms with Gasteiger partial charge in [0, 0.05) is 19.6 Å². The Morgan fingerprint density at radius 3 is 2.45 bits per heavy atom. The highest BCUT2D eigenvalue weighted by Crippen LogP contribution is 2.23. The molecule has 2 fully saturated rings. The average molecular weight is 422 g/mol. The molecule has 0 saturated carbocycles. The summed E-state index contributed by atoms with van der Waals surface area (Å²) in [6.45, 7) is 7.35. The highest BCUT2D eigenvalue weighted by atomic mass is 35.5. The summed E-state index contributed by atoms with van der Waals surface area (Å²) in [5.41, 5.74) is 1.38. The minimum Gasteiger partial charge on any atom is -0.344 e. The molecular formula is C23H36ClN3O2. The Balaban J connectivity index is 0.00000300. The van der Waals surface area contributed by atoms with Crippen molar-refractivity contribution in [2.24, 2.45) is 17.8 Å². The Kier molecular flexibility index (Phi) is 9.44. The van der Waals surface area contributed by atoms with Gasteiger partial charge in [-0.2, -0.15) is 0 Å². The van der Waals surface area contributed by atoms with Gasteiger partial charge in [0.25, 0.3) is 0 Å². The summed E-state index contributed by atoms with van der Waals surface area (Å²) in [7, 11) is 0. The highest BCUT2D eigenvalue weighted by molar-refractivity contribution is 5.89. The van der Waals surface area contributed by atoms with Crippen molar-refractivity contribution in [2.75, 3.05) is 26.2 Å². The molecule has 6 heteroatoms. The van der Waals surface area contributed by atoms with Crippen LogP contribution >= 0.6 is 12.4 Å². The number of hydrogen-bond acceptors (Lipinski definition) is 3. The number of benzene rings is 1. The molecule has 162 valence electrons. The van der Waals surface area contributed by atoms with Gasteiger partial charge in [0.1, 0.15) is 6.04 Å². The Labute approximate surface area is 181 Å². The third-order valence-corrected chi connectivity index (χ3v) is 6.50. The van der Waals surface area contributed by atoms with Gasteiger partial charge in [-0.15, -0.1) is 12.4 Å². The Morgan fingerprint density at radius 2 is 1.86 bits per heavy atom. The van der Waals surface area contributed by atoms with Crippen LogP contribution in [-0.2, 0) is 16.0 Å². The van der Waals surface area contributed by atoms with Gasteiger partial charge in [0.05, 0.1) is 5.92 Å². The third kappa shape index (κ3) is 6.45. The fourth-order valence-corrected chi connectivity index (χ4v) is 4.33. The molecule has 3 atom stereocenters. The van der Waals surface area contributed by atoms with Gasteiger partial charge in [-0.25, -0.2) is 0 Å². The zero-order valence-electron chi connectivity index (χ0n) is 17.7. The average Bonchev–Trinajstić information content (AvgIpc) is 3.27. The fraction of sp³-hybridized carbons (Fsp3) is 0.652. The first-order chi connectivity index (χ1) is 13.6. The second-order valence-corrected chi connectivity index (χ2v) is 8.52. The molecule has 0 radical (unpaired) electrons. The molecule has 2 aliphatic rings. The van der Waals surface area contributed by atoms with Gasteiger partial charge in [-0.05, 0) is 49.6 Å². The number of hydrogen-bond donors (Lipinski definition) is 2. The van der Waals surface area contributed by atoms with Crippen molar-refractivity contribution in [3.8, 4) is 0 Å². The molecule has 3 unspecified atom stereocenters. The van der Waals surface area contributed by atoms with Crippen LogP contribution in [0.3, 0.4) is 0 Å². The van der Waals surface area contributed by atoms with Crippen molar-refractivity contribution in [1.82, 2.24) is 15.5 Å². The van der Waals surface area contributed by atoms with E-state index in [1.54, 1.807) is 0 Å². The van der Waals surface area contributed by atoms with E-state index in [0.29, 0.717) is 5.92 Å². The molecule has 2 aliphatic heterocycles. The van der Waals surface area contributed by atoms with Crippen molar-refractivity contribution in [3.63, 3.8) is 0 Å². The predicted molar refractivity (Wildman–Crippen MR) is 119 cm³/mol. The maximum atomic E-state index is 13.2. The molecule has 2 heterocycles. The van der Waals surface area contributed by atoms with Crippen LogP contribution in [0.25, 0.3) is 0 Å². The molecule has 3 rings (SSSR count). The Bertz CT molecular complexity index is 641. The third-order valence-electron chi connectivity index (χ3n) is 6.50. The fourth-order valence-electron chi connectivity index (χ4n) is 4.33. The monoisotopic (exact) mass is 421 g/mol. The van der Waals surface area contributed by atoms with Crippen molar-refractivity contribution >= 4 is 24.2 Å². The highest BCUT2D eigenvalue weighted by Gasteiger charge is 2.34. The van der Waals surface area contributed by atoms with E-state index in [0.717, 1.165) is 58.3 Å². The maximum Gasteiger partial charge on any atom is 0.245 e. The smallest absolute Gasteiger partial charge is 0.245 e. The summed E-state index contributed by atoms with van der Waals surface area (Å²) in [6, 6.07) is 10.2. The number of nitrogens with one attached hydrogen (secondary N) is 2. The van der Waals surface area contributed by atoms with Gasteiger partial charge in [0.15, 0.2) is 0 Å². The van der Waals surface area contributed by atoms with E-state index in [9.17, 15) is 9.59 Å². The number of rotatable bonds is 7. The van der Waals surface area contributed by atoms with Crippen LogP contribution in [0.5, 0.6) is 0 Å². The lowest BCUT2D eigenvalue weighted by molar-refractivity contribution is -0.139. The number of piperidine rings is 1. The molecule has 0 aromatic heterocycles. The molecule has 5 nitrogen and oxygen atoms in total. The summed E-state index contributed by atoms with van der Waals surface area (Å²) < 4.78 is 0. The van der Waals surface area contributed by atoms with Gasteiger partial charge in [0.2, 0.25) is 11.8 Å². The minimum atomic E-state index is -0.399. The van der Waals surface area contributed by atoms with E-state index in [1.165, 1.54) is 5.56 Å². The van der Waals surface area contributed by atoms with E-state index in [4.69, 9.17) is 0 Å². The number of amides is 2. The lowest BCUT2D eigenvalue weighted by Crippen LogP contribution is -2.54. The standard InChI is InChI=1S/C23H35N3O2.ClH/c1-3-17(2)21(25-22(27)20-9-12-24-16-20)23(28)26-13-10-19(11-14-26)15-18-7-5-4-6-8-18;/h4-8,17,19-21,24H,3,9-16H2,1-2H3,(H,25,27);1H. The summed E-state index contributed by atoms with van der Waals surface area (Å²) in [5, 5.41) is 6.32. The summed E-state index contributed by atoms with van der Waals surface area (Å²) >= 11 is 0. The van der Waals surface area contributed by atoms with Crippen LogP contribution in [0, 0.1) is 17.8 Å². The van der Waals surface area contributed by atoms with Crippen LogP contribution in [0.4, 0.5) is 0 Å². The summed E-state index contributed by atoms with van der Waals surface area (Å²) in [4.78, 5) is 27.8.